The highest BCUT2D eigenvalue weighted by Crippen LogP contribution is 2.13. The number of carboxylic acid groups (broad SMARTS) is 1. The van der Waals surface area contributed by atoms with Crippen LogP contribution in [0.4, 0.5) is 4.79 Å². The normalized spacial score (nSPS) is 12.9. The molecule has 114 valence electrons. The Labute approximate surface area is 121 Å². The lowest BCUT2D eigenvalue weighted by Gasteiger charge is -2.25. The number of esters is 1. The molecule has 21 heavy (non-hydrogen) atoms. The van der Waals surface area contributed by atoms with Gasteiger partial charge >= 0.3 is 18.0 Å². The van der Waals surface area contributed by atoms with Gasteiger partial charge < -0.3 is 19.9 Å². The molecule has 0 saturated heterocycles. The van der Waals surface area contributed by atoms with Crippen LogP contribution in [-0.4, -0.2) is 35.8 Å². The van der Waals surface area contributed by atoms with Crippen molar-refractivity contribution in [3.05, 3.63) is 35.9 Å². The Bertz CT molecular complexity index is 515. The molecule has 1 aromatic rings. The van der Waals surface area contributed by atoms with Gasteiger partial charge in [-0.3, -0.25) is 4.79 Å². The van der Waals surface area contributed by atoms with Gasteiger partial charge in [0, 0.05) is 0 Å². The van der Waals surface area contributed by atoms with E-state index in [1.54, 1.807) is 24.3 Å². The third-order valence-corrected chi connectivity index (χ3v) is 2.73. The van der Waals surface area contributed by atoms with Crippen molar-refractivity contribution in [3.8, 4) is 0 Å². The number of hydrogen-bond acceptors (Lipinski definition) is 5. The SMILES string of the molecule is COC(=O)[C@@](C)(CC(=O)O)NC(=O)OCc1ccccc1. The number of ether oxygens (including phenoxy) is 2. The predicted molar refractivity (Wildman–Crippen MR) is 72.4 cm³/mol. The number of benzene rings is 1. The highest BCUT2D eigenvalue weighted by Gasteiger charge is 2.39. The predicted octanol–water partition coefficient (Wildman–Crippen LogP) is 1.32. The summed E-state index contributed by atoms with van der Waals surface area (Å²) in [4.78, 5) is 34.1. The van der Waals surface area contributed by atoms with Crippen molar-refractivity contribution >= 4 is 18.0 Å². The average molecular weight is 295 g/mol. The molecule has 0 fully saturated rings. The van der Waals surface area contributed by atoms with E-state index in [-0.39, 0.29) is 6.61 Å². The van der Waals surface area contributed by atoms with Crippen LogP contribution in [0.3, 0.4) is 0 Å². The van der Waals surface area contributed by atoms with Crippen LogP contribution in [0.15, 0.2) is 30.3 Å². The molecule has 0 aliphatic rings. The number of carbonyl (C=O) groups is 3. The van der Waals surface area contributed by atoms with Crippen molar-refractivity contribution in [2.24, 2.45) is 0 Å². The van der Waals surface area contributed by atoms with Crippen molar-refractivity contribution in [1.29, 1.82) is 0 Å². The van der Waals surface area contributed by atoms with E-state index in [2.05, 4.69) is 10.1 Å². The van der Waals surface area contributed by atoms with E-state index in [1.807, 2.05) is 6.07 Å². The molecular weight excluding hydrogens is 278 g/mol. The molecule has 2 N–H and O–H groups in total. The third-order valence-electron chi connectivity index (χ3n) is 2.73. The van der Waals surface area contributed by atoms with Crippen molar-refractivity contribution in [2.45, 2.75) is 25.5 Å². The first-order valence-electron chi connectivity index (χ1n) is 6.16. The lowest BCUT2D eigenvalue weighted by molar-refractivity contribution is -0.153. The number of amides is 1. The Kier molecular flexibility index (Phi) is 5.71. The first-order chi connectivity index (χ1) is 9.87. The number of carboxylic acids is 1. The molecule has 0 aliphatic carbocycles. The van der Waals surface area contributed by atoms with Crippen LogP contribution in [0, 0.1) is 0 Å². The van der Waals surface area contributed by atoms with Crippen LogP contribution in [-0.2, 0) is 25.7 Å². The zero-order valence-electron chi connectivity index (χ0n) is 11.8. The molecule has 0 aromatic heterocycles. The Morgan fingerprint density at radius 2 is 1.86 bits per heavy atom. The lowest BCUT2D eigenvalue weighted by atomic mass is 9.98. The number of carbonyl (C=O) groups excluding carboxylic acids is 2. The summed E-state index contributed by atoms with van der Waals surface area (Å²) < 4.78 is 9.46. The summed E-state index contributed by atoms with van der Waals surface area (Å²) in [6.45, 7) is 1.27. The summed E-state index contributed by atoms with van der Waals surface area (Å²) in [6, 6.07) is 8.94. The summed E-state index contributed by atoms with van der Waals surface area (Å²) in [5, 5.41) is 11.0. The standard InChI is InChI=1S/C14H17NO6/c1-14(8-11(16)17,12(18)20-2)15-13(19)21-9-10-6-4-3-5-7-10/h3-7H,8-9H2,1-2H3,(H,15,19)(H,16,17)/t14-/m1/s1. The smallest absolute Gasteiger partial charge is 0.408 e. The minimum Gasteiger partial charge on any atom is -0.481 e. The number of hydrogen-bond donors (Lipinski definition) is 2. The molecule has 1 atom stereocenters. The topological polar surface area (TPSA) is 102 Å². The largest absolute Gasteiger partial charge is 0.481 e. The van der Waals surface area contributed by atoms with Crippen molar-refractivity contribution < 1.29 is 29.0 Å². The van der Waals surface area contributed by atoms with Gasteiger partial charge in [-0.15, -0.1) is 0 Å². The summed E-state index contributed by atoms with van der Waals surface area (Å²) in [6.07, 6.45) is -1.51. The Balaban J connectivity index is 2.64. The summed E-state index contributed by atoms with van der Waals surface area (Å²) in [7, 11) is 1.11. The average Bonchev–Trinajstić information content (AvgIpc) is 2.44. The molecular formula is C14H17NO6. The minimum absolute atomic E-state index is 0.0109. The van der Waals surface area contributed by atoms with Gasteiger partial charge in [-0.2, -0.15) is 0 Å². The highest BCUT2D eigenvalue weighted by molar-refractivity contribution is 5.89. The number of nitrogens with one attached hydrogen (secondary N) is 1. The molecule has 7 nitrogen and oxygen atoms in total. The Morgan fingerprint density at radius 3 is 2.38 bits per heavy atom. The van der Waals surface area contributed by atoms with Gasteiger partial charge in [0.05, 0.1) is 13.5 Å². The van der Waals surface area contributed by atoms with E-state index in [4.69, 9.17) is 9.84 Å². The molecule has 7 heteroatoms. The molecule has 0 bridgehead atoms. The fraction of sp³-hybridized carbons (Fsp3) is 0.357. The molecule has 0 unspecified atom stereocenters. The highest BCUT2D eigenvalue weighted by atomic mass is 16.6. The van der Waals surface area contributed by atoms with Gasteiger partial charge in [0.25, 0.3) is 0 Å². The number of alkyl carbamates (subject to hydrolysis) is 1. The third kappa shape index (κ3) is 5.13. The van der Waals surface area contributed by atoms with Crippen LogP contribution in [0.1, 0.15) is 18.9 Å². The van der Waals surface area contributed by atoms with Gasteiger partial charge in [0.2, 0.25) is 0 Å². The molecule has 1 aromatic carbocycles. The van der Waals surface area contributed by atoms with Crippen LogP contribution >= 0.6 is 0 Å². The van der Waals surface area contributed by atoms with Gasteiger partial charge in [0.15, 0.2) is 0 Å². The first kappa shape index (κ1) is 16.5. The van der Waals surface area contributed by atoms with Gasteiger partial charge in [-0.05, 0) is 12.5 Å². The summed E-state index contributed by atoms with van der Waals surface area (Å²) in [5.74, 6) is -2.10. The molecule has 0 saturated carbocycles. The van der Waals surface area contributed by atoms with Gasteiger partial charge in [-0.1, -0.05) is 30.3 Å². The summed E-state index contributed by atoms with van der Waals surface area (Å²) >= 11 is 0. The lowest BCUT2D eigenvalue weighted by Crippen LogP contribution is -2.54. The molecule has 0 radical (unpaired) electrons. The molecule has 1 rings (SSSR count). The van der Waals surface area contributed by atoms with Crippen molar-refractivity contribution in [1.82, 2.24) is 5.32 Å². The summed E-state index contributed by atoms with van der Waals surface area (Å²) in [5.41, 5.74) is -0.917. The van der Waals surface area contributed by atoms with Crippen LogP contribution < -0.4 is 5.32 Å². The zero-order chi connectivity index (χ0) is 15.9. The molecule has 1 amide bonds. The molecule has 0 heterocycles. The first-order valence-corrected chi connectivity index (χ1v) is 6.16. The monoisotopic (exact) mass is 295 g/mol. The zero-order valence-corrected chi connectivity index (χ0v) is 11.8. The van der Waals surface area contributed by atoms with Gasteiger partial charge in [0.1, 0.15) is 12.1 Å². The second-order valence-electron chi connectivity index (χ2n) is 4.58. The van der Waals surface area contributed by atoms with E-state index < -0.39 is 30.0 Å². The quantitative estimate of drug-likeness (QED) is 0.767. The second-order valence-corrected chi connectivity index (χ2v) is 4.58. The maximum absolute atomic E-state index is 11.7. The fourth-order valence-electron chi connectivity index (χ4n) is 1.68. The van der Waals surface area contributed by atoms with Crippen LogP contribution in [0.2, 0.25) is 0 Å². The van der Waals surface area contributed by atoms with E-state index in [0.29, 0.717) is 0 Å². The van der Waals surface area contributed by atoms with E-state index in [0.717, 1.165) is 12.7 Å². The van der Waals surface area contributed by atoms with E-state index in [9.17, 15) is 14.4 Å². The van der Waals surface area contributed by atoms with E-state index >= 15 is 0 Å². The van der Waals surface area contributed by atoms with Crippen molar-refractivity contribution in [3.63, 3.8) is 0 Å². The fourth-order valence-corrected chi connectivity index (χ4v) is 1.68. The number of methoxy groups -OCH3 is 1. The Morgan fingerprint density at radius 1 is 1.24 bits per heavy atom. The maximum atomic E-state index is 11.7. The number of rotatable bonds is 6. The molecule has 0 spiro atoms. The molecule has 0 aliphatic heterocycles. The van der Waals surface area contributed by atoms with Crippen LogP contribution in [0.25, 0.3) is 0 Å². The van der Waals surface area contributed by atoms with Crippen molar-refractivity contribution in [2.75, 3.05) is 7.11 Å². The second kappa shape index (κ2) is 7.28. The number of aliphatic carboxylic acids is 1. The Hall–Kier alpha value is -2.57. The minimum atomic E-state index is -1.69. The van der Waals surface area contributed by atoms with Gasteiger partial charge in [-0.25, -0.2) is 9.59 Å². The maximum Gasteiger partial charge on any atom is 0.408 e. The van der Waals surface area contributed by atoms with E-state index in [1.165, 1.54) is 6.92 Å². The van der Waals surface area contributed by atoms with Crippen LogP contribution in [0.5, 0.6) is 0 Å².